The van der Waals surface area contributed by atoms with Crippen molar-refractivity contribution in [1.29, 1.82) is 0 Å². The van der Waals surface area contributed by atoms with E-state index in [1.165, 1.54) is 16.8 Å². The Kier molecular flexibility index (Phi) is 4.16. The SMILES string of the molecule is Cc1ccc(N2CC(CO)NCC(C)(C)C2)c(C)c1. The van der Waals surface area contributed by atoms with E-state index in [1.54, 1.807) is 0 Å². The smallest absolute Gasteiger partial charge is 0.0601 e. The summed E-state index contributed by atoms with van der Waals surface area (Å²) in [7, 11) is 0. The molecule has 19 heavy (non-hydrogen) atoms. The Hall–Kier alpha value is -1.06. The second-order valence-electron chi connectivity index (χ2n) is 6.60. The summed E-state index contributed by atoms with van der Waals surface area (Å²) in [5, 5.41) is 12.9. The molecule has 3 nitrogen and oxygen atoms in total. The Bertz CT molecular complexity index is 442. The predicted molar refractivity (Wildman–Crippen MR) is 80.8 cm³/mol. The Morgan fingerprint density at radius 1 is 1.37 bits per heavy atom. The van der Waals surface area contributed by atoms with Gasteiger partial charge in [-0.25, -0.2) is 0 Å². The summed E-state index contributed by atoms with van der Waals surface area (Å²) in [6.45, 7) is 11.9. The van der Waals surface area contributed by atoms with Gasteiger partial charge in [-0.05, 0) is 30.9 Å². The Morgan fingerprint density at radius 2 is 2.11 bits per heavy atom. The lowest BCUT2D eigenvalue weighted by molar-refractivity contribution is 0.242. The number of hydrogen-bond donors (Lipinski definition) is 2. The highest BCUT2D eigenvalue weighted by atomic mass is 16.3. The van der Waals surface area contributed by atoms with Crippen LogP contribution in [0.3, 0.4) is 0 Å². The average Bonchev–Trinajstić information content (AvgIpc) is 2.47. The molecule has 1 saturated heterocycles. The standard InChI is InChI=1S/C16H26N2O/c1-12-5-6-15(13(2)7-12)18-8-14(9-19)17-10-16(3,4)11-18/h5-7,14,17,19H,8-11H2,1-4H3. The zero-order valence-corrected chi connectivity index (χ0v) is 12.5. The van der Waals surface area contributed by atoms with Crippen molar-refractivity contribution in [2.45, 2.75) is 33.7 Å². The molecule has 0 bridgehead atoms. The molecule has 1 heterocycles. The van der Waals surface area contributed by atoms with Crippen LogP contribution in [0.25, 0.3) is 0 Å². The molecule has 1 aromatic rings. The monoisotopic (exact) mass is 262 g/mol. The second kappa shape index (κ2) is 5.51. The number of aliphatic hydroxyl groups is 1. The van der Waals surface area contributed by atoms with Crippen molar-refractivity contribution in [3.8, 4) is 0 Å². The maximum atomic E-state index is 9.48. The molecule has 2 N–H and O–H groups in total. The molecule has 1 atom stereocenters. The van der Waals surface area contributed by atoms with Gasteiger partial charge < -0.3 is 15.3 Å². The van der Waals surface area contributed by atoms with Crippen molar-refractivity contribution in [3.63, 3.8) is 0 Å². The molecule has 1 aliphatic heterocycles. The van der Waals surface area contributed by atoms with E-state index in [0.717, 1.165) is 19.6 Å². The van der Waals surface area contributed by atoms with Crippen LogP contribution in [0.5, 0.6) is 0 Å². The van der Waals surface area contributed by atoms with Gasteiger partial charge in [-0.1, -0.05) is 31.5 Å². The molecule has 0 aliphatic carbocycles. The lowest BCUT2D eigenvalue weighted by atomic mass is 9.93. The van der Waals surface area contributed by atoms with Crippen molar-refractivity contribution in [3.05, 3.63) is 29.3 Å². The van der Waals surface area contributed by atoms with Crippen LogP contribution in [0, 0.1) is 19.3 Å². The fourth-order valence-electron chi connectivity index (χ4n) is 2.85. The third kappa shape index (κ3) is 3.48. The summed E-state index contributed by atoms with van der Waals surface area (Å²) >= 11 is 0. The molecule has 106 valence electrons. The van der Waals surface area contributed by atoms with Gasteiger partial charge in [-0.15, -0.1) is 0 Å². The molecule has 0 radical (unpaired) electrons. The van der Waals surface area contributed by atoms with Crippen LogP contribution in [-0.2, 0) is 0 Å². The minimum Gasteiger partial charge on any atom is -0.395 e. The van der Waals surface area contributed by atoms with E-state index in [1.807, 2.05) is 0 Å². The highest BCUT2D eigenvalue weighted by Gasteiger charge is 2.29. The quantitative estimate of drug-likeness (QED) is 0.857. The zero-order valence-electron chi connectivity index (χ0n) is 12.5. The molecule has 1 aliphatic rings. The highest BCUT2D eigenvalue weighted by Crippen LogP contribution is 2.27. The van der Waals surface area contributed by atoms with Crippen LogP contribution in [0.4, 0.5) is 5.69 Å². The first-order valence-electron chi connectivity index (χ1n) is 7.08. The topological polar surface area (TPSA) is 35.5 Å². The first-order chi connectivity index (χ1) is 8.91. The molecule has 0 spiro atoms. The summed E-state index contributed by atoms with van der Waals surface area (Å²) in [5.41, 5.74) is 4.11. The molecule has 1 unspecified atom stereocenters. The molecule has 0 aromatic heterocycles. The number of aliphatic hydroxyl groups excluding tert-OH is 1. The number of nitrogens with zero attached hydrogens (tertiary/aromatic N) is 1. The largest absolute Gasteiger partial charge is 0.395 e. The van der Waals surface area contributed by atoms with E-state index in [4.69, 9.17) is 0 Å². The summed E-state index contributed by atoms with van der Waals surface area (Å²) in [4.78, 5) is 2.41. The van der Waals surface area contributed by atoms with Gasteiger partial charge in [-0.2, -0.15) is 0 Å². The number of hydrogen-bond acceptors (Lipinski definition) is 3. The van der Waals surface area contributed by atoms with Gasteiger partial charge in [0.15, 0.2) is 0 Å². The van der Waals surface area contributed by atoms with Gasteiger partial charge in [0.1, 0.15) is 0 Å². The third-order valence-corrected chi connectivity index (χ3v) is 3.84. The van der Waals surface area contributed by atoms with Gasteiger partial charge in [-0.3, -0.25) is 0 Å². The van der Waals surface area contributed by atoms with E-state index in [0.29, 0.717) is 0 Å². The lowest BCUT2D eigenvalue weighted by Gasteiger charge is -2.32. The summed E-state index contributed by atoms with van der Waals surface area (Å²) in [5.74, 6) is 0. The lowest BCUT2D eigenvalue weighted by Crippen LogP contribution is -2.40. The Balaban J connectivity index is 2.29. The van der Waals surface area contributed by atoms with E-state index < -0.39 is 0 Å². The van der Waals surface area contributed by atoms with Crippen LogP contribution in [0.2, 0.25) is 0 Å². The average molecular weight is 262 g/mol. The van der Waals surface area contributed by atoms with Gasteiger partial charge in [0, 0.05) is 31.4 Å². The predicted octanol–water partition coefficient (Wildman–Crippen LogP) is 2.10. The number of aryl methyl sites for hydroxylation is 2. The molecule has 1 aromatic carbocycles. The normalized spacial score (nSPS) is 23.2. The summed E-state index contributed by atoms with van der Waals surface area (Å²) < 4.78 is 0. The van der Waals surface area contributed by atoms with Crippen molar-refractivity contribution < 1.29 is 5.11 Å². The number of rotatable bonds is 2. The van der Waals surface area contributed by atoms with E-state index in [9.17, 15) is 5.11 Å². The minimum absolute atomic E-state index is 0.155. The summed E-state index contributed by atoms with van der Waals surface area (Å²) in [6, 6.07) is 6.76. The molecule has 1 fully saturated rings. The van der Waals surface area contributed by atoms with E-state index in [-0.39, 0.29) is 18.1 Å². The fraction of sp³-hybridized carbons (Fsp3) is 0.625. The van der Waals surface area contributed by atoms with Crippen LogP contribution in [0.15, 0.2) is 18.2 Å². The minimum atomic E-state index is 0.155. The highest BCUT2D eigenvalue weighted by molar-refractivity contribution is 5.55. The molecular weight excluding hydrogens is 236 g/mol. The second-order valence-corrected chi connectivity index (χ2v) is 6.60. The molecular formula is C16H26N2O. The van der Waals surface area contributed by atoms with E-state index in [2.05, 4.69) is 56.1 Å². The van der Waals surface area contributed by atoms with Crippen LogP contribution >= 0.6 is 0 Å². The van der Waals surface area contributed by atoms with Gasteiger partial charge >= 0.3 is 0 Å². The zero-order chi connectivity index (χ0) is 14.0. The molecule has 3 heteroatoms. The fourth-order valence-corrected chi connectivity index (χ4v) is 2.85. The number of nitrogens with one attached hydrogen (secondary N) is 1. The maximum Gasteiger partial charge on any atom is 0.0601 e. The van der Waals surface area contributed by atoms with Gasteiger partial charge in [0.05, 0.1) is 6.61 Å². The third-order valence-electron chi connectivity index (χ3n) is 3.84. The molecule has 0 amide bonds. The van der Waals surface area contributed by atoms with E-state index >= 15 is 0 Å². The number of anilines is 1. The van der Waals surface area contributed by atoms with Crippen LogP contribution in [-0.4, -0.2) is 37.4 Å². The first-order valence-corrected chi connectivity index (χ1v) is 7.08. The summed E-state index contributed by atoms with van der Waals surface area (Å²) in [6.07, 6.45) is 0. The van der Waals surface area contributed by atoms with Gasteiger partial charge in [0.2, 0.25) is 0 Å². The number of benzene rings is 1. The molecule has 2 rings (SSSR count). The van der Waals surface area contributed by atoms with Crippen molar-refractivity contribution in [2.24, 2.45) is 5.41 Å². The van der Waals surface area contributed by atoms with Crippen LogP contribution in [0.1, 0.15) is 25.0 Å². The van der Waals surface area contributed by atoms with Crippen LogP contribution < -0.4 is 10.2 Å². The molecule has 0 saturated carbocycles. The Labute approximate surface area is 116 Å². The maximum absolute atomic E-state index is 9.48. The first kappa shape index (κ1) is 14.4. The van der Waals surface area contributed by atoms with Crippen molar-refractivity contribution >= 4 is 5.69 Å². The van der Waals surface area contributed by atoms with Gasteiger partial charge in [0.25, 0.3) is 0 Å². The Morgan fingerprint density at radius 3 is 2.74 bits per heavy atom. The van der Waals surface area contributed by atoms with Crippen molar-refractivity contribution in [1.82, 2.24) is 5.32 Å². The van der Waals surface area contributed by atoms with Crippen molar-refractivity contribution in [2.75, 3.05) is 31.1 Å².